The fraction of sp³-hybridized carbons (Fsp3) is 0.333. The monoisotopic (exact) mass is 267 g/mol. The number of piperidine rings is 1. The lowest BCUT2D eigenvalue weighted by Crippen LogP contribution is -2.42. The fourth-order valence-electron chi connectivity index (χ4n) is 3.07. The lowest BCUT2D eigenvalue weighted by Gasteiger charge is -2.36. The lowest BCUT2D eigenvalue weighted by atomic mass is 9.87. The topological polar surface area (TPSA) is 23.5 Å². The van der Waals surface area contributed by atoms with Crippen LogP contribution in [0.3, 0.4) is 0 Å². The Kier molecular flexibility index (Phi) is 4.14. The smallest absolute Gasteiger partial charge is 0.0736 e. The Morgan fingerprint density at radius 3 is 2.25 bits per heavy atom. The maximum Gasteiger partial charge on any atom is 0.0736 e. The molecular formula is C18H21NO. The van der Waals surface area contributed by atoms with Gasteiger partial charge >= 0.3 is 0 Å². The van der Waals surface area contributed by atoms with Crippen molar-refractivity contribution in [2.24, 2.45) is 0 Å². The van der Waals surface area contributed by atoms with Crippen LogP contribution in [0.1, 0.15) is 23.5 Å². The molecule has 0 unspecified atom stereocenters. The normalized spacial score (nSPS) is 23.6. The molecule has 1 fully saturated rings. The number of hydrogen-bond acceptors (Lipinski definition) is 2. The predicted octanol–water partition coefficient (Wildman–Crippen LogP) is 3.04. The molecule has 1 N–H and O–H groups in total. The van der Waals surface area contributed by atoms with Crippen molar-refractivity contribution in [1.29, 1.82) is 0 Å². The van der Waals surface area contributed by atoms with Crippen molar-refractivity contribution in [3.63, 3.8) is 0 Å². The molecule has 2 nitrogen and oxygen atoms in total. The fourth-order valence-corrected chi connectivity index (χ4v) is 3.07. The summed E-state index contributed by atoms with van der Waals surface area (Å²) in [5.74, 6) is 0.281. The number of aliphatic hydroxyl groups is 1. The number of nitrogens with zero attached hydrogens (tertiary/aromatic N) is 1. The standard InChI is InChI=1S/C18H21NO/c20-18-14-19(13-15-7-3-1-4-8-15)12-11-17(18)16-9-5-2-6-10-16/h1-10,17-18,20H,11-14H2/t17-,18-/m1/s1. The van der Waals surface area contributed by atoms with Gasteiger partial charge in [0.1, 0.15) is 0 Å². The summed E-state index contributed by atoms with van der Waals surface area (Å²) >= 11 is 0. The zero-order valence-corrected chi connectivity index (χ0v) is 11.7. The minimum absolute atomic E-state index is 0.269. The first-order chi connectivity index (χ1) is 9.83. The Balaban J connectivity index is 1.62. The van der Waals surface area contributed by atoms with E-state index in [2.05, 4.69) is 53.4 Å². The highest BCUT2D eigenvalue weighted by Crippen LogP contribution is 2.28. The Morgan fingerprint density at radius 1 is 0.950 bits per heavy atom. The number of likely N-dealkylation sites (tertiary alicyclic amines) is 1. The molecule has 20 heavy (non-hydrogen) atoms. The second-order valence-electron chi connectivity index (χ2n) is 5.59. The van der Waals surface area contributed by atoms with Crippen LogP contribution in [0.5, 0.6) is 0 Å². The van der Waals surface area contributed by atoms with E-state index < -0.39 is 0 Å². The molecule has 0 aromatic heterocycles. The molecule has 0 amide bonds. The van der Waals surface area contributed by atoms with Crippen molar-refractivity contribution < 1.29 is 5.11 Å². The molecule has 1 aliphatic heterocycles. The molecule has 2 heteroatoms. The SMILES string of the molecule is O[C@@H]1CN(Cc2ccccc2)CC[C@@H]1c1ccccc1. The molecular weight excluding hydrogens is 246 g/mol. The van der Waals surface area contributed by atoms with Crippen molar-refractivity contribution in [2.45, 2.75) is 25.0 Å². The zero-order valence-electron chi connectivity index (χ0n) is 11.7. The number of hydrogen-bond donors (Lipinski definition) is 1. The number of β-amino-alcohol motifs (C(OH)–C–C–N with tert-alkyl or cyclic N) is 1. The van der Waals surface area contributed by atoms with Crippen molar-refractivity contribution >= 4 is 0 Å². The van der Waals surface area contributed by atoms with Gasteiger partial charge < -0.3 is 5.11 Å². The van der Waals surface area contributed by atoms with Crippen LogP contribution < -0.4 is 0 Å². The highest BCUT2D eigenvalue weighted by atomic mass is 16.3. The van der Waals surface area contributed by atoms with Gasteiger partial charge in [0.25, 0.3) is 0 Å². The van der Waals surface area contributed by atoms with Gasteiger partial charge in [0, 0.05) is 19.0 Å². The van der Waals surface area contributed by atoms with E-state index in [4.69, 9.17) is 0 Å². The van der Waals surface area contributed by atoms with Crippen LogP contribution in [0.25, 0.3) is 0 Å². The van der Waals surface area contributed by atoms with Crippen LogP contribution in [0.2, 0.25) is 0 Å². The minimum Gasteiger partial charge on any atom is -0.391 e. The molecule has 0 saturated carbocycles. The minimum atomic E-state index is -0.269. The maximum absolute atomic E-state index is 10.4. The second kappa shape index (κ2) is 6.21. The van der Waals surface area contributed by atoms with E-state index in [-0.39, 0.29) is 12.0 Å². The molecule has 2 aromatic carbocycles. The molecule has 0 spiro atoms. The average Bonchev–Trinajstić information content (AvgIpc) is 2.49. The van der Waals surface area contributed by atoms with E-state index in [0.717, 1.165) is 26.1 Å². The first-order valence-corrected chi connectivity index (χ1v) is 7.32. The molecule has 104 valence electrons. The van der Waals surface area contributed by atoms with E-state index in [9.17, 15) is 5.11 Å². The summed E-state index contributed by atoms with van der Waals surface area (Å²) in [6.07, 6.45) is 0.757. The summed E-state index contributed by atoms with van der Waals surface area (Å²) in [5, 5.41) is 10.4. The highest BCUT2D eigenvalue weighted by molar-refractivity contribution is 5.22. The van der Waals surface area contributed by atoms with Crippen LogP contribution in [0.4, 0.5) is 0 Å². The number of benzene rings is 2. The molecule has 0 radical (unpaired) electrons. The quantitative estimate of drug-likeness (QED) is 0.924. The van der Waals surface area contributed by atoms with Crippen molar-refractivity contribution in [2.75, 3.05) is 13.1 Å². The molecule has 2 atom stereocenters. The number of rotatable bonds is 3. The van der Waals surface area contributed by atoms with Crippen LogP contribution in [0, 0.1) is 0 Å². The largest absolute Gasteiger partial charge is 0.391 e. The molecule has 0 aliphatic carbocycles. The van der Waals surface area contributed by atoms with Crippen LogP contribution >= 0.6 is 0 Å². The van der Waals surface area contributed by atoms with Gasteiger partial charge in [-0.3, -0.25) is 4.90 Å². The van der Waals surface area contributed by atoms with Crippen LogP contribution in [0.15, 0.2) is 60.7 Å². The Labute approximate surface area is 120 Å². The van der Waals surface area contributed by atoms with Gasteiger partial charge in [-0.1, -0.05) is 60.7 Å². The summed E-state index contributed by atoms with van der Waals surface area (Å²) in [6.45, 7) is 2.74. The Morgan fingerprint density at radius 2 is 1.60 bits per heavy atom. The average molecular weight is 267 g/mol. The summed E-state index contributed by atoms with van der Waals surface area (Å²) in [7, 11) is 0. The van der Waals surface area contributed by atoms with Crippen LogP contribution in [-0.4, -0.2) is 29.2 Å². The van der Waals surface area contributed by atoms with Gasteiger partial charge in [-0.05, 0) is 24.1 Å². The van der Waals surface area contributed by atoms with E-state index in [1.807, 2.05) is 12.1 Å². The summed E-state index contributed by atoms with van der Waals surface area (Å²) in [5.41, 5.74) is 2.58. The first kappa shape index (κ1) is 13.3. The lowest BCUT2D eigenvalue weighted by molar-refractivity contribution is 0.0477. The third-order valence-corrected chi connectivity index (χ3v) is 4.14. The molecule has 1 aliphatic rings. The van der Waals surface area contributed by atoms with E-state index in [1.165, 1.54) is 11.1 Å². The molecule has 1 heterocycles. The maximum atomic E-state index is 10.4. The summed E-state index contributed by atoms with van der Waals surface area (Å²) < 4.78 is 0. The van der Waals surface area contributed by atoms with Crippen molar-refractivity contribution in [1.82, 2.24) is 4.90 Å². The van der Waals surface area contributed by atoms with Gasteiger partial charge in [0.15, 0.2) is 0 Å². The first-order valence-electron chi connectivity index (χ1n) is 7.32. The van der Waals surface area contributed by atoms with Gasteiger partial charge in [-0.2, -0.15) is 0 Å². The van der Waals surface area contributed by atoms with Gasteiger partial charge in [-0.15, -0.1) is 0 Å². The predicted molar refractivity (Wildman–Crippen MR) is 81.5 cm³/mol. The molecule has 0 bridgehead atoms. The zero-order chi connectivity index (χ0) is 13.8. The summed E-state index contributed by atoms with van der Waals surface area (Å²) in [4.78, 5) is 2.35. The van der Waals surface area contributed by atoms with Crippen molar-refractivity contribution in [3.05, 3.63) is 71.8 Å². The van der Waals surface area contributed by atoms with Crippen LogP contribution in [-0.2, 0) is 6.54 Å². The summed E-state index contributed by atoms with van der Waals surface area (Å²) in [6, 6.07) is 20.9. The van der Waals surface area contributed by atoms with Gasteiger partial charge in [0.05, 0.1) is 6.10 Å². The van der Waals surface area contributed by atoms with Gasteiger partial charge in [0.2, 0.25) is 0 Å². The Bertz CT molecular complexity index is 526. The third kappa shape index (κ3) is 3.09. The Hall–Kier alpha value is -1.64. The molecule has 1 saturated heterocycles. The van der Waals surface area contributed by atoms with E-state index in [1.54, 1.807) is 0 Å². The number of aliphatic hydroxyl groups excluding tert-OH is 1. The highest BCUT2D eigenvalue weighted by Gasteiger charge is 2.28. The van der Waals surface area contributed by atoms with E-state index in [0.29, 0.717) is 0 Å². The molecule has 3 rings (SSSR count). The molecule has 2 aromatic rings. The second-order valence-corrected chi connectivity index (χ2v) is 5.59. The third-order valence-electron chi connectivity index (χ3n) is 4.14. The van der Waals surface area contributed by atoms with E-state index >= 15 is 0 Å². The van der Waals surface area contributed by atoms with Crippen molar-refractivity contribution in [3.8, 4) is 0 Å². The van der Waals surface area contributed by atoms with Gasteiger partial charge in [-0.25, -0.2) is 0 Å².